The van der Waals surface area contributed by atoms with E-state index in [4.69, 9.17) is 5.11 Å². The minimum atomic E-state index is -0.866. The second kappa shape index (κ2) is 6.89. The average Bonchev–Trinajstić information content (AvgIpc) is 2.69. The van der Waals surface area contributed by atoms with E-state index in [0.717, 1.165) is 4.47 Å². The number of carbonyl (C=O) groups is 2. The molecule has 0 aliphatic heterocycles. The fourth-order valence-corrected chi connectivity index (χ4v) is 3.06. The lowest BCUT2D eigenvalue weighted by Gasteiger charge is -2.15. The van der Waals surface area contributed by atoms with Crippen LogP contribution in [0.3, 0.4) is 0 Å². The molecule has 2 N–H and O–H groups in total. The van der Waals surface area contributed by atoms with E-state index in [1.165, 1.54) is 11.3 Å². The van der Waals surface area contributed by atoms with Crippen LogP contribution in [-0.4, -0.2) is 23.5 Å². The van der Waals surface area contributed by atoms with Gasteiger partial charge >= 0.3 is 5.97 Å². The minimum absolute atomic E-state index is 0.163. The van der Waals surface area contributed by atoms with Crippen LogP contribution < -0.4 is 5.32 Å². The van der Waals surface area contributed by atoms with Crippen LogP contribution in [0.25, 0.3) is 0 Å². The lowest BCUT2D eigenvalue weighted by atomic mass is 9.97. The maximum absolute atomic E-state index is 11.8. The van der Waals surface area contributed by atoms with Gasteiger partial charge < -0.3 is 10.4 Å². The molecule has 1 unspecified atom stereocenters. The number of carboxylic acids is 1. The number of carbonyl (C=O) groups excluding carboxylic acids is 1. The lowest BCUT2D eigenvalue weighted by Crippen LogP contribution is -2.33. The van der Waals surface area contributed by atoms with Gasteiger partial charge in [-0.2, -0.15) is 0 Å². The van der Waals surface area contributed by atoms with E-state index in [0.29, 0.717) is 11.3 Å². The maximum Gasteiger partial charge on any atom is 0.308 e. The van der Waals surface area contributed by atoms with Crippen molar-refractivity contribution in [3.05, 3.63) is 20.8 Å². The fourth-order valence-electron chi connectivity index (χ4n) is 1.59. The number of aliphatic carboxylic acids is 1. The molecule has 1 heterocycles. The van der Waals surface area contributed by atoms with Crippen LogP contribution in [0.5, 0.6) is 0 Å². The summed E-state index contributed by atoms with van der Waals surface area (Å²) in [4.78, 5) is 23.4. The quantitative estimate of drug-likeness (QED) is 0.840. The second-order valence-corrected chi connectivity index (χ2v) is 6.24. The number of thiophene rings is 1. The number of hydrogen-bond acceptors (Lipinski definition) is 3. The molecule has 6 heteroatoms. The first kappa shape index (κ1) is 15.2. The summed E-state index contributed by atoms with van der Waals surface area (Å²) in [6.07, 6.45) is 0.557. The summed E-state index contributed by atoms with van der Waals surface area (Å²) in [6.45, 7) is 4.10. The Morgan fingerprint density at radius 3 is 2.61 bits per heavy atom. The van der Waals surface area contributed by atoms with Gasteiger partial charge in [-0.1, -0.05) is 13.8 Å². The minimum Gasteiger partial charge on any atom is -0.481 e. The Balaban J connectivity index is 2.55. The molecule has 0 aliphatic carbocycles. The van der Waals surface area contributed by atoms with Gasteiger partial charge in [0.15, 0.2) is 0 Å². The zero-order valence-electron chi connectivity index (χ0n) is 10.3. The summed E-state index contributed by atoms with van der Waals surface area (Å²) in [7, 11) is 0. The summed E-state index contributed by atoms with van der Waals surface area (Å²) in [6, 6.07) is 1.79. The first-order chi connectivity index (χ1) is 8.41. The van der Waals surface area contributed by atoms with E-state index in [2.05, 4.69) is 21.2 Å². The van der Waals surface area contributed by atoms with Crippen LogP contribution in [0.1, 0.15) is 29.9 Å². The molecule has 0 spiro atoms. The van der Waals surface area contributed by atoms with Gasteiger partial charge in [0.05, 0.1) is 5.92 Å². The molecule has 18 heavy (non-hydrogen) atoms. The highest BCUT2D eigenvalue weighted by atomic mass is 79.9. The Morgan fingerprint density at radius 2 is 2.17 bits per heavy atom. The summed E-state index contributed by atoms with van der Waals surface area (Å²) in [5, 5.41) is 13.5. The predicted octanol–water partition coefficient (Wildman–Crippen LogP) is 2.99. The molecule has 0 aliphatic rings. The summed E-state index contributed by atoms with van der Waals surface area (Å²) < 4.78 is 0.737. The predicted molar refractivity (Wildman–Crippen MR) is 74.9 cm³/mol. The van der Waals surface area contributed by atoms with Gasteiger partial charge in [0, 0.05) is 11.0 Å². The van der Waals surface area contributed by atoms with E-state index in [1.807, 2.05) is 19.2 Å². The van der Waals surface area contributed by atoms with Crippen molar-refractivity contribution >= 4 is 39.1 Å². The first-order valence-electron chi connectivity index (χ1n) is 5.65. The highest BCUT2D eigenvalue weighted by Gasteiger charge is 2.20. The molecule has 0 aromatic carbocycles. The smallest absolute Gasteiger partial charge is 0.308 e. The zero-order valence-corrected chi connectivity index (χ0v) is 12.7. The third kappa shape index (κ3) is 4.42. The summed E-state index contributed by atoms with van der Waals surface area (Å²) in [5.74, 6) is -1.34. The van der Waals surface area contributed by atoms with E-state index in [9.17, 15) is 9.59 Å². The van der Waals surface area contributed by atoms with Crippen LogP contribution in [0.15, 0.2) is 15.9 Å². The highest BCUT2D eigenvalue weighted by Crippen LogP contribution is 2.22. The molecule has 0 radical (unpaired) electrons. The molecule has 0 saturated carbocycles. The molecule has 1 atom stereocenters. The monoisotopic (exact) mass is 333 g/mol. The molecule has 1 amide bonds. The SMILES string of the molecule is CC(C)CC(CNC(=O)c1sccc1Br)C(=O)O. The van der Waals surface area contributed by atoms with Crippen molar-refractivity contribution in [2.75, 3.05) is 6.54 Å². The highest BCUT2D eigenvalue weighted by molar-refractivity contribution is 9.10. The fraction of sp³-hybridized carbons (Fsp3) is 0.500. The molecule has 1 rings (SSSR count). The first-order valence-corrected chi connectivity index (χ1v) is 7.33. The third-order valence-corrected chi connectivity index (χ3v) is 4.27. The maximum atomic E-state index is 11.8. The third-order valence-electron chi connectivity index (χ3n) is 2.44. The van der Waals surface area contributed by atoms with Crippen molar-refractivity contribution in [2.24, 2.45) is 11.8 Å². The van der Waals surface area contributed by atoms with Gasteiger partial charge in [0.1, 0.15) is 4.88 Å². The standard InChI is InChI=1S/C12H16BrNO3S/c1-7(2)5-8(12(16)17)6-14-11(15)10-9(13)3-4-18-10/h3-4,7-8H,5-6H2,1-2H3,(H,14,15)(H,16,17). The molecule has 1 aromatic heterocycles. The summed E-state index contributed by atoms with van der Waals surface area (Å²) in [5.41, 5.74) is 0. The molecular formula is C12H16BrNO3S. The second-order valence-electron chi connectivity index (χ2n) is 4.47. The van der Waals surface area contributed by atoms with Gasteiger partial charge in [-0.25, -0.2) is 0 Å². The van der Waals surface area contributed by atoms with Gasteiger partial charge in [0.2, 0.25) is 0 Å². The Bertz CT molecular complexity index is 431. The Labute approximate surface area is 119 Å². The van der Waals surface area contributed by atoms with E-state index >= 15 is 0 Å². The van der Waals surface area contributed by atoms with Gasteiger partial charge in [-0.05, 0) is 39.7 Å². The van der Waals surface area contributed by atoms with Crippen LogP contribution in [0.4, 0.5) is 0 Å². The van der Waals surface area contributed by atoms with Gasteiger partial charge in [-0.3, -0.25) is 9.59 Å². The Morgan fingerprint density at radius 1 is 1.50 bits per heavy atom. The van der Waals surface area contributed by atoms with Crippen molar-refractivity contribution in [2.45, 2.75) is 20.3 Å². The van der Waals surface area contributed by atoms with Gasteiger partial charge in [-0.15, -0.1) is 11.3 Å². The van der Waals surface area contributed by atoms with E-state index < -0.39 is 11.9 Å². The normalized spacial score (nSPS) is 12.4. The lowest BCUT2D eigenvalue weighted by molar-refractivity contribution is -0.142. The van der Waals surface area contributed by atoms with Crippen LogP contribution in [0.2, 0.25) is 0 Å². The van der Waals surface area contributed by atoms with Crippen LogP contribution in [-0.2, 0) is 4.79 Å². The average molecular weight is 334 g/mol. The molecule has 0 bridgehead atoms. The topological polar surface area (TPSA) is 66.4 Å². The van der Waals surface area contributed by atoms with E-state index in [1.54, 1.807) is 6.07 Å². The molecule has 100 valence electrons. The van der Waals surface area contributed by atoms with Crippen molar-refractivity contribution in [3.63, 3.8) is 0 Å². The summed E-state index contributed by atoms with van der Waals surface area (Å²) >= 11 is 4.60. The number of nitrogens with one attached hydrogen (secondary N) is 1. The van der Waals surface area contributed by atoms with Crippen LogP contribution in [0, 0.1) is 11.8 Å². The molecule has 0 fully saturated rings. The molecule has 0 saturated heterocycles. The molecular weight excluding hydrogens is 318 g/mol. The zero-order chi connectivity index (χ0) is 13.7. The van der Waals surface area contributed by atoms with Gasteiger partial charge in [0.25, 0.3) is 5.91 Å². The number of halogens is 1. The van der Waals surface area contributed by atoms with Crippen molar-refractivity contribution < 1.29 is 14.7 Å². The molecule has 1 aromatic rings. The number of hydrogen-bond donors (Lipinski definition) is 2. The molecule has 4 nitrogen and oxygen atoms in total. The van der Waals surface area contributed by atoms with Crippen molar-refractivity contribution in [3.8, 4) is 0 Å². The number of carboxylic acid groups (broad SMARTS) is 1. The number of rotatable bonds is 6. The van der Waals surface area contributed by atoms with Crippen LogP contribution >= 0.6 is 27.3 Å². The largest absolute Gasteiger partial charge is 0.481 e. The van der Waals surface area contributed by atoms with Crippen molar-refractivity contribution in [1.82, 2.24) is 5.32 Å². The number of amides is 1. The van der Waals surface area contributed by atoms with Crippen molar-refractivity contribution in [1.29, 1.82) is 0 Å². The Kier molecular flexibility index (Phi) is 5.81. The van der Waals surface area contributed by atoms with E-state index in [-0.39, 0.29) is 18.4 Å². The Hall–Kier alpha value is -0.880.